The van der Waals surface area contributed by atoms with Crippen molar-refractivity contribution in [3.05, 3.63) is 29.3 Å². The summed E-state index contributed by atoms with van der Waals surface area (Å²) < 4.78 is 0. The van der Waals surface area contributed by atoms with Crippen LogP contribution in [0.2, 0.25) is 0 Å². The van der Waals surface area contributed by atoms with E-state index in [2.05, 4.69) is 10.6 Å². The number of hydrogen-bond acceptors (Lipinski definition) is 3. The molecule has 0 bridgehead atoms. The van der Waals surface area contributed by atoms with Crippen molar-refractivity contribution in [2.45, 2.75) is 40.5 Å². The van der Waals surface area contributed by atoms with E-state index in [-0.39, 0.29) is 23.8 Å². The molecule has 126 valence electrons. The first-order chi connectivity index (χ1) is 10.6. The molecular weight excluding hydrogens is 296 g/mol. The molecule has 0 radical (unpaired) electrons. The van der Waals surface area contributed by atoms with Gasteiger partial charge in [-0.3, -0.25) is 9.59 Å². The number of anilines is 1. The van der Waals surface area contributed by atoms with Gasteiger partial charge in [-0.05, 0) is 31.0 Å². The summed E-state index contributed by atoms with van der Waals surface area (Å²) in [5.41, 5.74) is 0.814. The van der Waals surface area contributed by atoms with Gasteiger partial charge in [0.1, 0.15) is 0 Å². The van der Waals surface area contributed by atoms with Gasteiger partial charge in [-0.2, -0.15) is 0 Å². The van der Waals surface area contributed by atoms with E-state index in [1.165, 1.54) is 6.07 Å². The number of hydrogen-bond donors (Lipinski definition) is 3. The van der Waals surface area contributed by atoms with E-state index < -0.39 is 11.4 Å². The molecule has 0 aliphatic carbocycles. The lowest BCUT2D eigenvalue weighted by atomic mass is 9.96. The quantitative estimate of drug-likeness (QED) is 0.702. The second kappa shape index (κ2) is 7.76. The maximum absolute atomic E-state index is 11.8. The number of rotatable bonds is 6. The number of aromatic carboxylic acids is 1. The maximum atomic E-state index is 11.8. The molecule has 2 amide bonds. The van der Waals surface area contributed by atoms with Crippen molar-refractivity contribution < 1.29 is 19.5 Å². The largest absolute Gasteiger partial charge is 0.478 e. The lowest BCUT2D eigenvalue weighted by Crippen LogP contribution is -2.35. The second-order valence-corrected chi connectivity index (χ2v) is 6.49. The lowest BCUT2D eigenvalue weighted by molar-refractivity contribution is -0.128. The van der Waals surface area contributed by atoms with E-state index in [1.54, 1.807) is 19.1 Å². The summed E-state index contributed by atoms with van der Waals surface area (Å²) in [5.74, 6) is -1.29. The predicted molar refractivity (Wildman–Crippen MR) is 88.5 cm³/mol. The highest BCUT2D eigenvalue weighted by atomic mass is 16.4. The van der Waals surface area contributed by atoms with Crippen LogP contribution in [-0.2, 0) is 9.59 Å². The Balaban J connectivity index is 2.44. The van der Waals surface area contributed by atoms with Crippen LogP contribution in [0, 0.1) is 12.3 Å². The highest BCUT2D eigenvalue weighted by molar-refractivity contribution is 5.94. The third-order valence-electron chi connectivity index (χ3n) is 3.30. The zero-order valence-electron chi connectivity index (χ0n) is 14.0. The molecule has 0 aliphatic rings. The lowest BCUT2D eigenvalue weighted by Gasteiger charge is -2.17. The van der Waals surface area contributed by atoms with E-state index in [9.17, 15) is 14.4 Å². The molecule has 1 aromatic rings. The minimum Gasteiger partial charge on any atom is -0.478 e. The Morgan fingerprint density at radius 2 is 1.83 bits per heavy atom. The highest BCUT2D eigenvalue weighted by Crippen LogP contribution is 2.16. The molecule has 6 nitrogen and oxygen atoms in total. The first-order valence-electron chi connectivity index (χ1n) is 7.53. The van der Waals surface area contributed by atoms with Crippen LogP contribution in [0.1, 0.15) is 49.5 Å². The van der Waals surface area contributed by atoms with Gasteiger partial charge in [0.05, 0.1) is 5.56 Å². The van der Waals surface area contributed by atoms with Crippen molar-refractivity contribution in [3.8, 4) is 0 Å². The van der Waals surface area contributed by atoms with Gasteiger partial charge in [0.2, 0.25) is 11.8 Å². The Bertz CT molecular complexity index is 603. The van der Waals surface area contributed by atoms with Gasteiger partial charge in [-0.15, -0.1) is 0 Å². The Hall–Kier alpha value is -2.37. The van der Waals surface area contributed by atoms with Crippen LogP contribution in [-0.4, -0.2) is 29.4 Å². The average Bonchev–Trinajstić information content (AvgIpc) is 2.44. The van der Waals surface area contributed by atoms with E-state index in [4.69, 9.17) is 5.11 Å². The van der Waals surface area contributed by atoms with E-state index >= 15 is 0 Å². The molecule has 0 fully saturated rings. The van der Waals surface area contributed by atoms with E-state index in [0.717, 1.165) is 0 Å². The second-order valence-electron chi connectivity index (χ2n) is 6.49. The summed E-state index contributed by atoms with van der Waals surface area (Å²) in [6.07, 6.45) is 0.770. The molecule has 0 spiro atoms. The average molecular weight is 320 g/mol. The summed E-state index contributed by atoms with van der Waals surface area (Å²) in [4.78, 5) is 34.6. The van der Waals surface area contributed by atoms with Crippen molar-refractivity contribution in [1.29, 1.82) is 0 Å². The Kier molecular flexibility index (Phi) is 6.30. The van der Waals surface area contributed by atoms with Gasteiger partial charge in [0.15, 0.2) is 0 Å². The van der Waals surface area contributed by atoms with Crippen LogP contribution in [0.25, 0.3) is 0 Å². The number of benzene rings is 1. The van der Waals surface area contributed by atoms with Gasteiger partial charge in [0, 0.05) is 24.1 Å². The van der Waals surface area contributed by atoms with Crippen LogP contribution >= 0.6 is 0 Å². The third kappa shape index (κ3) is 6.10. The van der Waals surface area contributed by atoms with E-state index in [0.29, 0.717) is 24.2 Å². The molecule has 0 saturated heterocycles. The van der Waals surface area contributed by atoms with Gasteiger partial charge in [0.25, 0.3) is 0 Å². The molecule has 0 atom stereocenters. The minimum absolute atomic E-state index is 0.0532. The number of nitrogens with one attached hydrogen (secondary N) is 2. The fourth-order valence-electron chi connectivity index (χ4n) is 1.87. The monoisotopic (exact) mass is 320 g/mol. The smallest absolute Gasteiger partial charge is 0.336 e. The Labute approximate surface area is 136 Å². The zero-order chi connectivity index (χ0) is 17.6. The van der Waals surface area contributed by atoms with Gasteiger partial charge in [-0.25, -0.2) is 4.79 Å². The molecule has 1 aromatic carbocycles. The minimum atomic E-state index is -1.02. The normalized spacial score (nSPS) is 11.0. The van der Waals surface area contributed by atoms with Gasteiger partial charge in [-0.1, -0.05) is 26.8 Å². The van der Waals surface area contributed by atoms with E-state index in [1.807, 2.05) is 20.8 Å². The summed E-state index contributed by atoms with van der Waals surface area (Å²) in [5, 5.41) is 14.5. The molecule has 3 N–H and O–H groups in total. The van der Waals surface area contributed by atoms with Crippen LogP contribution in [0.4, 0.5) is 5.69 Å². The maximum Gasteiger partial charge on any atom is 0.336 e. The molecule has 0 saturated carbocycles. The molecule has 23 heavy (non-hydrogen) atoms. The van der Waals surface area contributed by atoms with Crippen molar-refractivity contribution >= 4 is 23.5 Å². The topological polar surface area (TPSA) is 95.5 Å². The van der Waals surface area contributed by atoms with Crippen LogP contribution in [0.15, 0.2) is 18.2 Å². The summed E-state index contributed by atoms with van der Waals surface area (Å²) in [7, 11) is 0. The van der Waals surface area contributed by atoms with Crippen molar-refractivity contribution in [2.24, 2.45) is 5.41 Å². The molecular formula is C17H24N2O4. The number of carboxylic acids is 1. The summed E-state index contributed by atoms with van der Waals surface area (Å²) in [6, 6.07) is 4.76. The van der Waals surface area contributed by atoms with Crippen LogP contribution in [0.3, 0.4) is 0 Å². The first kappa shape index (κ1) is 18.7. The fourth-order valence-corrected chi connectivity index (χ4v) is 1.87. The zero-order valence-corrected chi connectivity index (χ0v) is 14.0. The number of aryl methyl sites for hydroxylation is 1. The number of carboxylic acid groups (broad SMARTS) is 1. The van der Waals surface area contributed by atoms with Gasteiger partial charge >= 0.3 is 5.97 Å². The standard InChI is InChI=1S/C17H24N2O4/c1-11-7-8-12(10-13(11)15(21)22)19-14(20)6-5-9-18-16(23)17(2,3)4/h7-8,10H,5-6,9H2,1-4H3,(H,18,23)(H,19,20)(H,21,22). The van der Waals surface area contributed by atoms with Crippen LogP contribution in [0.5, 0.6) is 0 Å². The molecule has 0 aliphatic heterocycles. The number of amides is 2. The molecule has 0 heterocycles. The van der Waals surface area contributed by atoms with Gasteiger partial charge < -0.3 is 15.7 Å². The molecule has 0 aromatic heterocycles. The van der Waals surface area contributed by atoms with Crippen LogP contribution < -0.4 is 10.6 Å². The molecule has 6 heteroatoms. The fraction of sp³-hybridized carbons (Fsp3) is 0.471. The first-order valence-corrected chi connectivity index (χ1v) is 7.53. The molecule has 1 rings (SSSR count). The third-order valence-corrected chi connectivity index (χ3v) is 3.30. The number of carbonyl (C=O) groups excluding carboxylic acids is 2. The predicted octanol–water partition coefficient (Wildman–Crippen LogP) is 2.57. The van der Waals surface area contributed by atoms with Crippen molar-refractivity contribution in [3.63, 3.8) is 0 Å². The van der Waals surface area contributed by atoms with Crippen molar-refractivity contribution in [1.82, 2.24) is 5.32 Å². The number of carbonyl (C=O) groups is 3. The Morgan fingerprint density at radius 3 is 2.39 bits per heavy atom. The SMILES string of the molecule is Cc1ccc(NC(=O)CCCNC(=O)C(C)(C)C)cc1C(=O)O. The highest BCUT2D eigenvalue weighted by Gasteiger charge is 2.20. The Morgan fingerprint density at radius 1 is 1.17 bits per heavy atom. The van der Waals surface area contributed by atoms with Crippen molar-refractivity contribution in [2.75, 3.05) is 11.9 Å². The molecule has 0 unspecified atom stereocenters. The summed E-state index contributed by atoms with van der Waals surface area (Å²) >= 11 is 0. The summed E-state index contributed by atoms with van der Waals surface area (Å²) in [6.45, 7) is 7.61.